The van der Waals surface area contributed by atoms with Crippen molar-refractivity contribution < 1.29 is 14.3 Å². The van der Waals surface area contributed by atoms with Gasteiger partial charge in [-0.2, -0.15) is 0 Å². The number of primary amides is 1. The largest absolute Gasteiger partial charge is 0.497 e. The van der Waals surface area contributed by atoms with Crippen molar-refractivity contribution >= 4 is 17.1 Å². The van der Waals surface area contributed by atoms with Crippen molar-refractivity contribution in [2.75, 3.05) is 14.2 Å². The first-order valence-corrected chi connectivity index (χ1v) is 8.64. The molecule has 0 atom stereocenters. The number of nitrogens with two attached hydrogens (primary N) is 1. The van der Waals surface area contributed by atoms with Crippen LogP contribution in [0.4, 0.5) is 0 Å². The van der Waals surface area contributed by atoms with Crippen LogP contribution >= 0.6 is 0 Å². The van der Waals surface area contributed by atoms with E-state index >= 15 is 0 Å². The Morgan fingerprint density at radius 3 is 2.59 bits per heavy atom. The molecule has 0 aliphatic carbocycles. The lowest BCUT2D eigenvalue weighted by Crippen LogP contribution is -2.15. The van der Waals surface area contributed by atoms with Gasteiger partial charge in [0.1, 0.15) is 17.0 Å². The fourth-order valence-electron chi connectivity index (χ4n) is 3.10. The van der Waals surface area contributed by atoms with Crippen molar-refractivity contribution in [3.8, 4) is 28.6 Å². The van der Waals surface area contributed by atoms with Crippen molar-refractivity contribution in [2.24, 2.45) is 5.73 Å². The molecular weight excluding hydrogens is 374 g/mol. The lowest BCUT2D eigenvalue weighted by molar-refractivity contribution is 0.0997. The molecule has 0 saturated carbocycles. The zero-order chi connectivity index (χ0) is 20.5. The van der Waals surface area contributed by atoms with Crippen LogP contribution in [0.1, 0.15) is 10.5 Å². The first kappa shape index (κ1) is 18.2. The molecule has 3 N–H and O–H groups in total. The van der Waals surface area contributed by atoms with Crippen molar-refractivity contribution in [1.29, 1.82) is 0 Å². The van der Waals surface area contributed by atoms with Gasteiger partial charge in [0, 0.05) is 6.07 Å². The van der Waals surface area contributed by atoms with E-state index in [1.165, 1.54) is 18.8 Å². The second kappa shape index (κ2) is 7.12. The van der Waals surface area contributed by atoms with Crippen LogP contribution in [0.5, 0.6) is 11.5 Å². The Morgan fingerprint density at radius 2 is 1.86 bits per heavy atom. The average molecular weight is 391 g/mol. The molecule has 0 fully saturated rings. The van der Waals surface area contributed by atoms with E-state index < -0.39 is 11.6 Å². The maximum atomic E-state index is 12.7. The predicted molar refractivity (Wildman–Crippen MR) is 107 cm³/mol. The fourth-order valence-corrected chi connectivity index (χ4v) is 3.10. The molecule has 9 nitrogen and oxygen atoms in total. The molecule has 0 spiro atoms. The van der Waals surface area contributed by atoms with Gasteiger partial charge in [-0.05, 0) is 24.3 Å². The molecule has 0 bridgehead atoms. The number of nitrogens with zero attached hydrogens (tertiary/aromatic N) is 3. The summed E-state index contributed by atoms with van der Waals surface area (Å²) in [6.45, 7) is 0. The van der Waals surface area contributed by atoms with Gasteiger partial charge in [0.25, 0.3) is 5.91 Å². The summed E-state index contributed by atoms with van der Waals surface area (Å²) in [7, 11) is 3.05. The van der Waals surface area contributed by atoms with Crippen LogP contribution < -0.4 is 20.9 Å². The van der Waals surface area contributed by atoms with Crippen molar-refractivity contribution in [2.45, 2.75) is 0 Å². The number of imidazole rings is 1. The molecule has 1 amide bonds. The molecule has 4 aromatic rings. The first-order chi connectivity index (χ1) is 14.0. The highest BCUT2D eigenvalue weighted by molar-refractivity contribution is 6.02. The van der Waals surface area contributed by atoms with E-state index in [-0.39, 0.29) is 22.7 Å². The van der Waals surface area contributed by atoms with Gasteiger partial charge >= 0.3 is 5.69 Å². The van der Waals surface area contributed by atoms with E-state index in [1.54, 1.807) is 48.5 Å². The Hall–Kier alpha value is -4.14. The molecule has 2 aromatic carbocycles. The summed E-state index contributed by atoms with van der Waals surface area (Å²) in [5, 5.41) is 0. The van der Waals surface area contributed by atoms with Crippen LogP contribution in [0, 0.1) is 0 Å². The summed E-state index contributed by atoms with van der Waals surface area (Å²) in [5.74, 6) is 0.512. The molecule has 4 rings (SSSR count). The number of H-pyrrole nitrogens is 1. The average Bonchev–Trinajstić information content (AvgIpc) is 3.08. The van der Waals surface area contributed by atoms with Crippen LogP contribution in [-0.4, -0.2) is 39.6 Å². The number of benzene rings is 2. The Labute approximate surface area is 164 Å². The van der Waals surface area contributed by atoms with Crippen molar-refractivity contribution in [1.82, 2.24) is 19.5 Å². The highest BCUT2D eigenvalue weighted by Gasteiger charge is 2.21. The number of para-hydroxylation sites is 1. The first-order valence-electron chi connectivity index (χ1n) is 8.64. The lowest BCUT2D eigenvalue weighted by atomic mass is 10.2. The van der Waals surface area contributed by atoms with Gasteiger partial charge in [-0.3, -0.25) is 4.79 Å². The number of aromatic amines is 1. The number of nitrogens with one attached hydrogen (secondary N) is 1. The number of methoxy groups -OCH3 is 2. The maximum Gasteiger partial charge on any atom is 0.332 e. The molecule has 0 aliphatic rings. The Morgan fingerprint density at radius 1 is 1.07 bits per heavy atom. The van der Waals surface area contributed by atoms with E-state index in [0.717, 1.165) is 0 Å². The molecule has 0 unspecified atom stereocenters. The zero-order valence-corrected chi connectivity index (χ0v) is 15.7. The molecule has 9 heteroatoms. The number of fused-ring (bicyclic) bond motifs is 1. The Kier molecular flexibility index (Phi) is 4.47. The fraction of sp³-hybridized carbons (Fsp3) is 0.100. The van der Waals surface area contributed by atoms with Gasteiger partial charge in [-0.25, -0.2) is 19.3 Å². The second-order valence-corrected chi connectivity index (χ2v) is 6.13. The third-order valence-electron chi connectivity index (χ3n) is 4.43. The van der Waals surface area contributed by atoms with E-state index in [0.29, 0.717) is 22.7 Å². The summed E-state index contributed by atoms with van der Waals surface area (Å²) in [5.41, 5.74) is 6.40. The summed E-state index contributed by atoms with van der Waals surface area (Å²) in [4.78, 5) is 36.2. The minimum absolute atomic E-state index is 0.0883. The van der Waals surface area contributed by atoms with Gasteiger partial charge in [0.15, 0.2) is 17.2 Å². The van der Waals surface area contributed by atoms with Crippen molar-refractivity contribution in [3.63, 3.8) is 0 Å². The molecule has 29 heavy (non-hydrogen) atoms. The standard InChI is InChI=1S/C20H17N5O4/c1-28-12-7-5-6-11(10-12)25-19-16(23-20(25)27)15(17(21)26)22-18(24-19)13-8-3-4-9-14(13)29-2/h3-10H,1-2H3,(H2,21,26)(H,23,27). The number of carbonyl (C=O) groups excluding carboxylic acids is 1. The minimum atomic E-state index is -0.785. The third-order valence-corrected chi connectivity index (χ3v) is 4.43. The van der Waals surface area contributed by atoms with Gasteiger partial charge in [-0.1, -0.05) is 18.2 Å². The number of hydrogen-bond acceptors (Lipinski definition) is 6. The van der Waals surface area contributed by atoms with Crippen LogP contribution in [-0.2, 0) is 0 Å². The monoisotopic (exact) mass is 391 g/mol. The molecule has 0 radical (unpaired) electrons. The van der Waals surface area contributed by atoms with Gasteiger partial charge in [-0.15, -0.1) is 0 Å². The van der Waals surface area contributed by atoms with E-state index in [4.69, 9.17) is 15.2 Å². The molecule has 2 aromatic heterocycles. The molecule has 0 aliphatic heterocycles. The van der Waals surface area contributed by atoms with Gasteiger partial charge in [0.2, 0.25) is 0 Å². The second-order valence-electron chi connectivity index (χ2n) is 6.13. The molecule has 2 heterocycles. The minimum Gasteiger partial charge on any atom is -0.497 e. The third kappa shape index (κ3) is 3.08. The topological polar surface area (TPSA) is 125 Å². The number of aromatic nitrogens is 4. The summed E-state index contributed by atoms with van der Waals surface area (Å²) < 4.78 is 12.0. The number of amides is 1. The quantitative estimate of drug-likeness (QED) is 0.535. The van der Waals surface area contributed by atoms with Crippen LogP contribution in [0.15, 0.2) is 53.3 Å². The smallest absolute Gasteiger partial charge is 0.332 e. The predicted octanol–water partition coefficient (Wildman–Crippen LogP) is 1.89. The van der Waals surface area contributed by atoms with Crippen molar-refractivity contribution in [3.05, 3.63) is 64.7 Å². The van der Waals surface area contributed by atoms with E-state index in [1.807, 2.05) is 0 Å². The molecule has 146 valence electrons. The van der Waals surface area contributed by atoms with E-state index in [2.05, 4.69) is 15.0 Å². The number of hydrogen-bond donors (Lipinski definition) is 2. The normalized spacial score (nSPS) is 10.8. The zero-order valence-electron chi connectivity index (χ0n) is 15.7. The van der Waals surface area contributed by atoms with Crippen LogP contribution in [0.2, 0.25) is 0 Å². The molecular formula is C20H17N5O4. The highest BCUT2D eigenvalue weighted by Crippen LogP contribution is 2.29. The Balaban J connectivity index is 2.06. The summed E-state index contributed by atoms with van der Waals surface area (Å²) in [6, 6.07) is 14.0. The van der Waals surface area contributed by atoms with Crippen LogP contribution in [0.3, 0.4) is 0 Å². The SMILES string of the molecule is COc1cccc(-n2c(=O)[nH]c3c(C(N)=O)nc(-c4ccccc4OC)nc32)c1. The van der Waals surface area contributed by atoms with Gasteiger partial charge in [0.05, 0.1) is 25.5 Å². The summed E-state index contributed by atoms with van der Waals surface area (Å²) in [6.07, 6.45) is 0. The number of carbonyl (C=O) groups is 1. The van der Waals surface area contributed by atoms with E-state index in [9.17, 15) is 9.59 Å². The summed E-state index contributed by atoms with van der Waals surface area (Å²) >= 11 is 0. The van der Waals surface area contributed by atoms with Crippen LogP contribution in [0.25, 0.3) is 28.2 Å². The number of rotatable bonds is 5. The van der Waals surface area contributed by atoms with Gasteiger partial charge < -0.3 is 20.2 Å². The lowest BCUT2D eigenvalue weighted by Gasteiger charge is -2.10. The molecule has 0 saturated heterocycles. The highest BCUT2D eigenvalue weighted by atomic mass is 16.5. The number of ether oxygens (including phenoxy) is 2. The Bertz CT molecular complexity index is 1290. The maximum absolute atomic E-state index is 12.7.